The average molecular weight is 404 g/mol. The quantitative estimate of drug-likeness (QED) is 0.820. The van der Waals surface area contributed by atoms with Crippen LogP contribution in [0.4, 0.5) is 11.4 Å². The maximum Gasteiger partial charge on any atom is 0.238 e. The first kappa shape index (κ1) is 16.7. The molecule has 1 heterocycles. The van der Waals surface area contributed by atoms with Crippen LogP contribution in [0.5, 0.6) is 0 Å². The van der Waals surface area contributed by atoms with E-state index in [4.69, 9.17) is 0 Å². The molecule has 122 valence electrons. The Kier molecular flexibility index (Phi) is 5.32. The van der Waals surface area contributed by atoms with Crippen LogP contribution in [-0.2, 0) is 9.59 Å². The van der Waals surface area contributed by atoms with Gasteiger partial charge in [-0.1, -0.05) is 52.0 Å². The molecule has 0 aromatic heterocycles. The van der Waals surface area contributed by atoms with Crippen LogP contribution in [0.25, 0.3) is 0 Å². The zero-order valence-corrected chi connectivity index (χ0v) is 14.9. The molecule has 7 heteroatoms. The highest BCUT2D eigenvalue weighted by molar-refractivity contribution is 9.10. The van der Waals surface area contributed by atoms with Gasteiger partial charge in [0.15, 0.2) is 5.17 Å². The highest BCUT2D eigenvalue weighted by Crippen LogP contribution is 2.25. The van der Waals surface area contributed by atoms with E-state index in [0.29, 0.717) is 10.9 Å². The van der Waals surface area contributed by atoms with E-state index < -0.39 is 5.25 Å². The normalized spacial score (nSPS) is 19.0. The monoisotopic (exact) mass is 403 g/mol. The lowest BCUT2D eigenvalue weighted by molar-refractivity contribution is -0.123. The van der Waals surface area contributed by atoms with Crippen LogP contribution in [-0.4, -0.2) is 22.2 Å². The van der Waals surface area contributed by atoms with Gasteiger partial charge in [-0.15, -0.1) is 0 Å². The summed E-state index contributed by atoms with van der Waals surface area (Å²) in [5, 5.41) is 5.47. The summed E-state index contributed by atoms with van der Waals surface area (Å²) in [6.45, 7) is 0. The minimum Gasteiger partial charge on any atom is -0.325 e. The van der Waals surface area contributed by atoms with Gasteiger partial charge in [-0.25, -0.2) is 4.99 Å². The van der Waals surface area contributed by atoms with Gasteiger partial charge in [0.05, 0.1) is 5.69 Å². The summed E-state index contributed by atoms with van der Waals surface area (Å²) in [5.74, 6) is -0.425. The summed E-state index contributed by atoms with van der Waals surface area (Å²) < 4.78 is 0.876. The van der Waals surface area contributed by atoms with Gasteiger partial charge >= 0.3 is 0 Å². The van der Waals surface area contributed by atoms with Crippen LogP contribution in [0.15, 0.2) is 64.1 Å². The van der Waals surface area contributed by atoms with E-state index in [-0.39, 0.29) is 18.2 Å². The van der Waals surface area contributed by atoms with Crippen molar-refractivity contribution >= 4 is 56.0 Å². The second-order valence-electron chi connectivity index (χ2n) is 5.11. The number of halogens is 1. The molecule has 1 fully saturated rings. The largest absolute Gasteiger partial charge is 0.325 e. The fraction of sp³-hybridized carbons (Fsp3) is 0.118. The Balaban J connectivity index is 1.72. The first-order valence-corrected chi connectivity index (χ1v) is 8.94. The maximum absolute atomic E-state index is 12.4. The molecular formula is C17H14BrN3O2S. The second kappa shape index (κ2) is 7.63. The number of anilines is 1. The number of benzene rings is 2. The van der Waals surface area contributed by atoms with Gasteiger partial charge in [-0.05, 0) is 30.3 Å². The number of amides is 2. The van der Waals surface area contributed by atoms with Gasteiger partial charge in [0, 0.05) is 16.6 Å². The molecule has 0 saturated carbocycles. The summed E-state index contributed by atoms with van der Waals surface area (Å²) in [7, 11) is 0. The Morgan fingerprint density at radius 2 is 2.00 bits per heavy atom. The average Bonchev–Trinajstić information content (AvgIpc) is 2.55. The molecule has 2 amide bonds. The predicted octanol–water partition coefficient (Wildman–Crippen LogP) is 3.70. The van der Waals surface area contributed by atoms with Crippen LogP contribution in [0.2, 0.25) is 0 Å². The number of nitrogens with one attached hydrogen (secondary N) is 2. The summed E-state index contributed by atoms with van der Waals surface area (Å²) in [4.78, 5) is 28.7. The fourth-order valence-corrected chi connectivity index (χ4v) is 3.55. The Labute approximate surface area is 152 Å². The van der Waals surface area contributed by atoms with Gasteiger partial charge in [-0.3, -0.25) is 9.59 Å². The molecule has 2 aromatic carbocycles. The molecule has 0 aliphatic carbocycles. The number of rotatable bonds is 3. The first-order chi connectivity index (χ1) is 11.6. The van der Waals surface area contributed by atoms with E-state index in [0.717, 1.165) is 10.2 Å². The SMILES string of the molecule is O=C1C[C@@H](C(=O)Nc2cccc(Br)c2)SC(=Nc2ccccc2)N1. The minimum absolute atomic E-state index is 0.123. The van der Waals surface area contributed by atoms with Crippen molar-refractivity contribution in [1.29, 1.82) is 0 Å². The van der Waals surface area contributed by atoms with Crippen LogP contribution < -0.4 is 10.6 Å². The number of hydrogen-bond donors (Lipinski definition) is 2. The first-order valence-electron chi connectivity index (χ1n) is 7.27. The molecule has 5 nitrogen and oxygen atoms in total. The number of carbonyl (C=O) groups excluding carboxylic acids is 2. The molecule has 1 atom stereocenters. The lowest BCUT2D eigenvalue weighted by atomic mass is 10.2. The van der Waals surface area contributed by atoms with E-state index >= 15 is 0 Å². The fourth-order valence-electron chi connectivity index (χ4n) is 2.15. The van der Waals surface area contributed by atoms with Crippen LogP contribution in [0, 0.1) is 0 Å². The lowest BCUT2D eigenvalue weighted by Gasteiger charge is -2.22. The molecule has 0 radical (unpaired) electrons. The Morgan fingerprint density at radius 1 is 1.21 bits per heavy atom. The van der Waals surface area contributed by atoms with Gasteiger partial charge in [-0.2, -0.15) is 0 Å². The van der Waals surface area contributed by atoms with Crippen LogP contribution in [0.3, 0.4) is 0 Å². The van der Waals surface area contributed by atoms with Gasteiger partial charge in [0.1, 0.15) is 5.25 Å². The van der Waals surface area contributed by atoms with Crippen molar-refractivity contribution in [3.8, 4) is 0 Å². The molecular weight excluding hydrogens is 390 g/mol. The summed E-state index contributed by atoms with van der Waals surface area (Å²) in [6.07, 6.45) is 0.123. The van der Waals surface area contributed by atoms with Crippen molar-refractivity contribution in [3.63, 3.8) is 0 Å². The summed E-state index contributed by atoms with van der Waals surface area (Å²) in [5.41, 5.74) is 1.41. The standard InChI is InChI=1S/C17H14BrN3O2S/c18-11-5-4-8-13(9-11)19-16(23)14-10-15(22)21-17(24-14)20-12-6-2-1-3-7-12/h1-9,14H,10H2,(H,19,23)(H,20,21,22)/t14-/m0/s1. The van der Waals surface area contributed by atoms with Gasteiger partial charge < -0.3 is 10.6 Å². The molecule has 1 aliphatic heterocycles. The molecule has 0 unspecified atom stereocenters. The predicted molar refractivity (Wildman–Crippen MR) is 100 cm³/mol. The Morgan fingerprint density at radius 3 is 2.75 bits per heavy atom. The van der Waals surface area contributed by atoms with E-state index in [9.17, 15) is 9.59 Å². The van der Waals surface area contributed by atoms with Crippen molar-refractivity contribution in [2.45, 2.75) is 11.7 Å². The number of hydrogen-bond acceptors (Lipinski definition) is 4. The lowest BCUT2D eigenvalue weighted by Crippen LogP contribution is -2.41. The molecule has 3 rings (SSSR count). The third kappa shape index (κ3) is 4.46. The number of nitrogens with zero attached hydrogens (tertiary/aromatic N) is 1. The number of carbonyl (C=O) groups is 2. The molecule has 0 bridgehead atoms. The molecule has 24 heavy (non-hydrogen) atoms. The summed E-state index contributed by atoms with van der Waals surface area (Å²) in [6, 6.07) is 16.6. The Bertz CT molecular complexity index is 795. The molecule has 0 spiro atoms. The smallest absolute Gasteiger partial charge is 0.238 e. The van der Waals surface area contributed by atoms with Crippen molar-refractivity contribution in [2.24, 2.45) is 4.99 Å². The van der Waals surface area contributed by atoms with Crippen LogP contribution >= 0.6 is 27.7 Å². The third-order valence-electron chi connectivity index (χ3n) is 3.24. The maximum atomic E-state index is 12.4. The Hall–Kier alpha value is -2.12. The number of amidine groups is 1. The minimum atomic E-state index is -0.514. The van der Waals surface area contributed by atoms with Crippen molar-refractivity contribution in [1.82, 2.24) is 5.32 Å². The van der Waals surface area contributed by atoms with Crippen molar-refractivity contribution < 1.29 is 9.59 Å². The van der Waals surface area contributed by atoms with Gasteiger partial charge in [0.2, 0.25) is 11.8 Å². The molecule has 2 N–H and O–H groups in total. The summed E-state index contributed by atoms with van der Waals surface area (Å²) >= 11 is 4.62. The molecule has 1 aliphatic rings. The van der Waals surface area contributed by atoms with Gasteiger partial charge in [0.25, 0.3) is 0 Å². The van der Waals surface area contributed by atoms with Crippen molar-refractivity contribution in [3.05, 3.63) is 59.1 Å². The number of aliphatic imine (C=N–C) groups is 1. The van der Waals surface area contributed by atoms with E-state index in [2.05, 4.69) is 31.6 Å². The zero-order chi connectivity index (χ0) is 16.9. The second-order valence-corrected chi connectivity index (χ2v) is 7.22. The van der Waals surface area contributed by atoms with E-state index in [1.165, 1.54) is 11.8 Å². The van der Waals surface area contributed by atoms with E-state index in [1.54, 1.807) is 6.07 Å². The highest BCUT2D eigenvalue weighted by Gasteiger charge is 2.30. The highest BCUT2D eigenvalue weighted by atomic mass is 79.9. The number of para-hydroxylation sites is 1. The number of thioether (sulfide) groups is 1. The topological polar surface area (TPSA) is 70.6 Å². The third-order valence-corrected chi connectivity index (χ3v) is 4.82. The van der Waals surface area contributed by atoms with Crippen LogP contribution in [0.1, 0.15) is 6.42 Å². The van der Waals surface area contributed by atoms with E-state index in [1.807, 2.05) is 48.5 Å². The molecule has 2 aromatic rings. The molecule has 1 saturated heterocycles. The zero-order valence-electron chi connectivity index (χ0n) is 12.5. The van der Waals surface area contributed by atoms with Crippen molar-refractivity contribution in [2.75, 3.05) is 5.32 Å².